The van der Waals surface area contributed by atoms with E-state index >= 15 is 0 Å². The van der Waals surface area contributed by atoms with E-state index in [1.807, 2.05) is 6.92 Å². The summed E-state index contributed by atoms with van der Waals surface area (Å²) < 4.78 is 11.6. The lowest BCUT2D eigenvalue weighted by Gasteiger charge is -2.34. The minimum Gasteiger partial charge on any atom is -0.465 e. The van der Waals surface area contributed by atoms with E-state index < -0.39 is 0 Å². The molecule has 0 aliphatic carbocycles. The van der Waals surface area contributed by atoms with E-state index in [1.54, 1.807) is 0 Å². The molecule has 0 spiro atoms. The number of hydrogen-bond acceptors (Lipinski definition) is 4. The zero-order chi connectivity index (χ0) is 13.8. The SMILES string of the molecule is CCNCc1cc(CN2C[C@@H](C)O[C@@H](C)C2)oc1C. The summed E-state index contributed by atoms with van der Waals surface area (Å²) in [6, 6.07) is 2.18. The van der Waals surface area contributed by atoms with Crippen molar-refractivity contribution in [3.8, 4) is 0 Å². The first kappa shape index (κ1) is 14.6. The summed E-state index contributed by atoms with van der Waals surface area (Å²) in [7, 11) is 0. The molecule has 4 nitrogen and oxygen atoms in total. The number of aryl methyl sites for hydroxylation is 1. The van der Waals surface area contributed by atoms with Crippen LogP contribution in [0.1, 0.15) is 37.9 Å². The third-order valence-corrected chi connectivity index (χ3v) is 3.51. The minimum atomic E-state index is 0.307. The molecule has 2 atom stereocenters. The lowest BCUT2D eigenvalue weighted by Crippen LogP contribution is -2.44. The van der Waals surface area contributed by atoms with Gasteiger partial charge >= 0.3 is 0 Å². The summed E-state index contributed by atoms with van der Waals surface area (Å²) in [6.45, 7) is 13.1. The fourth-order valence-electron chi connectivity index (χ4n) is 2.73. The van der Waals surface area contributed by atoms with Gasteiger partial charge in [0.25, 0.3) is 0 Å². The molecule has 1 fully saturated rings. The van der Waals surface area contributed by atoms with Gasteiger partial charge in [-0.1, -0.05) is 6.92 Å². The van der Waals surface area contributed by atoms with Gasteiger partial charge < -0.3 is 14.5 Å². The first-order valence-corrected chi connectivity index (χ1v) is 7.25. The Morgan fingerprint density at radius 1 is 1.32 bits per heavy atom. The molecule has 0 saturated carbocycles. The zero-order valence-electron chi connectivity index (χ0n) is 12.5. The smallest absolute Gasteiger partial charge is 0.118 e. The van der Waals surface area contributed by atoms with E-state index in [9.17, 15) is 0 Å². The van der Waals surface area contributed by atoms with Gasteiger partial charge in [-0.15, -0.1) is 0 Å². The number of nitrogens with one attached hydrogen (secondary N) is 1. The van der Waals surface area contributed by atoms with E-state index in [0.29, 0.717) is 12.2 Å². The molecule has 0 unspecified atom stereocenters. The average molecular weight is 266 g/mol. The Bertz CT molecular complexity index is 393. The predicted molar refractivity (Wildman–Crippen MR) is 76.1 cm³/mol. The summed E-state index contributed by atoms with van der Waals surface area (Å²) in [5, 5.41) is 3.34. The highest BCUT2D eigenvalue weighted by Gasteiger charge is 2.23. The normalized spacial score (nSPS) is 24.8. The van der Waals surface area contributed by atoms with Crippen LogP contribution in [-0.4, -0.2) is 36.7 Å². The molecule has 1 aliphatic heterocycles. The van der Waals surface area contributed by atoms with Crippen molar-refractivity contribution in [2.75, 3.05) is 19.6 Å². The highest BCUT2D eigenvalue weighted by atomic mass is 16.5. The summed E-state index contributed by atoms with van der Waals surface area (Å²) in [6.07, 6.45) is 0.613. The first-order valence-electron chi connectivity index (χ1n) is 7.25. The second-order valence-corrected chi connectivity index (χ2v) is 5.53. The molecule has 1 aliphatic rings. The van der Waals surface area contributed by atoms with Crippen molar-refractivity contribution >= 4 is 0 Å². The van der Waals surface area contributed by atoms with Crippen molar-refractivity contribution in [3.05, 3.63) is 23.2 Å². The van der Waals surface area contributed by atoms with Crippen LogP contribution in [0.15, 0.2) is 10.5 Å². The van der Waals surface area contributed by atoms with Gasteiger partial charge in [0, 0.05) is 25.2 Å². The van der Waals surface area contributed by atoms with Gasteiger partial charge in [-0.05, 0) is 33.4 Å². The highest BCUT2D eigenvalue weighted by molar-refractivity contribution is 5.20. The Hall–Kier alpha value is -0.840. The maximum absolute atomic E-state index is 5.86. The molecule has 2 heterocycles. The van der Waals surface area contributed by atoms with E-state index in [4.69, 9.17) is 9.15 Å². The maximum Gasteiger partial charge on any atom is 0.118 e. The molecule has 0 aromatic carbocycles. The van der Waals surface area contributed by atoms with Gasteiger partial charge in [0.05, 0.1) is 18.8 Å². The average Bonchev–Trinajstić information content (AvgIpc) is 2.65. The lowest BCUT2D eigenvalue weighted by atomic mass is 10.2. The van der Waals surface area contributed by atoms with Crippen LogP contribution in [0.4, 0.5) is 0 Å². The summed E-state index contributed by atoms with van der Waals surface area (Å²) in [5.41, 5.74) is 1.27. The number of nitrogens with zero attached hydrogens (tertiary/aromatic N) is 1. The van der Waals surface area contributed by atoms with Gasteiger partial charge in [-0.25, -0.2) is 0 Å². The van der Waals surface area contributed by atoms with Crippen molar-refractivity contribution in [1.29, 1.82) is 0 Å². The lowest BCUT2D eigenvalue weighted by molar-refractivity contribution is -0.0718. The van der Waals surface area contributed by atoms with Crippen LogP contribution in [-0.2, 0) is 17.8 Å². The van der Waals surface area contributed by atoms with Gasteiger partial charge in [0.2, 0.25) is 0 Å². The largest absolute Gasteiger partial charge is 0.465 e. The molecular weight excluding hydrogens is 240 g/mol. The predicted octanol–water partition coefficient (Wildman–Crippen LogP) is 2.31. The minimum absolute atomic E-state index is 0.307. The van der Waals surface area contributed by atoms with Crippen LogP contribution in [0.3, 0.4) is 0 Å². The number of hydrogen-bond donors (Lipinski definition) is 1. The second kappa shape index (κ2) is 6.55. The maximum atomic E-state index is 5.86. The molecule has 0 bridgehead atoms. The molecule has 1 N–H and O–H groups in total. The Morgan fingerprint density at radius 2 is 2.00 bits per heavy atom. The van der Waals surface area contributed by atoms with Crippen LogP contribution in [0.25, 0.3) is 0 Å². The summed E-state index contributed by atoms with van der Waals surface area (Å²) >= 11 is 0. The van der Waals surface area contributed by atoms with Crippen LogP contribution in [0, 0.1) is 6.92 Å². The Kier molecular flexibility index (Phi) is 5.02. The Balaban J connectivity index is 1.95. The van der Waals surface area contributed by atoms with Crippen LogP contribution < -0.4 is 5.32 Å². The fraction of sp³-hybridized carbons (Fsp3) is 0.733. The quantitative estimate of drug-likeness (QED) is 0.887. The third kappa shape index (κ3) is 4.06. The monoisotopic (exact) mass is 266 g/mol. The fourth-order valence-corrected chi connectivity index (χ4v) is 2.73. The number of furan rings is 1. The van der Waals surface area contributed by atoms with E-state index in [1.165, 1.54) is 5.56 Å². The highest BCUT2D eigenvalue weighted by Crippen LogP contribution is 2.19. The van der Waals surface area contributed by atoms with E-state index in [2.05, 4.69) is 37.1 Å². The number of morpholine rings is 1. The van der Waals surface area contributed by atoms with Crippen LogP contribution in [0.2, 0.25) is 0 Å². The molecule has 1 saturated heterocycles. The Labute approximate surface area is 116 Å². The zero-order valence-corrected chi connectivity index (χ0v) is 12.5. The first-order chi connectivity index (χ1) is 9.08. The topological polar surface area (TPSA) is 37.6 Å². The van der Waals surface area contributed by atoms with Crippen LogP contribution >= 0.6 is 0 Å². The molecule has 1 aromatic heterocycles. The molecule has 108 valence electrons. The molecular formula is C15H26N2O2. The molecule has 0 radical (unpaired) electrons. The van der Waals surface area contributed by atoms with Crippen molar-refractivity contribution in [3.63, 3.8) is 0 Å². The molecule has 2 rings (SSSR count). The van der Waals surface area contributed by atoms with Gasteiger partial charge in [-0.2, -0.15) is 0 Å². The van der Waals surface area contributed by atoms with Gasteiger partial charge in [-0.3, -0.25) is 4.90 Å². The second-order valence-electron chi connectivity index (χ2n) is 5.53. The van der Waals surface area contributed by atoms with Crippen LogP contribution in [0.5, 0.6) is 0 Å². The summed E-state index contributed by atoms with van der Waals surface area (Å²) in [4.78, 5) is 2.41. The summed E-state index contributed by atoms with van der Waals surface area (Å²) in [5.74, 6) is 2.09. The standard InChI is InChI=1S/C15H26N2O2/c1-5-16-7-14-6-15(19-13(14)4)10-17-8-11(2)18-12(3)9-17/h6,11-12,16H,5,7-10H2,1-4H3/t11-,12+. The number of rotatable bonds is 5. The van der Waals surface area contributed by atoms with Crippen molar-refractivity contribution in [1.82, 2.24) is 10.2 Å². The Morgan fingerprint density at radius 3 is 2.63 bits per heavy atom. The van der Waals surface area contributed by atoms with E-state index in [0.717, 1.165) is 44.2 Å². The van der Waals surface area contributed by atoms with E-state index in [-0.39, 0.29) is 0 Å². The van der Waals surface area contributed by atoms with Gasteiger partial charge in [0.15, 0.2) is 0 Å². The van der Waals surface area contributed by atoms with Crippen molar-refractivity contribution in [2.24, 2.45) is 0 Å². The van der Waals surface area contributed by atoms with Crippen molar-refractivity contribution < 1.29 is 9.15 Å². The molecule has 0 amide bonds. The third-order valence-electron chi connectivity index (χ3n) is 3.51. The van der Waals surface area contributed by atoms with Gasteiger partial charge in [0.1, 0.15) is 11.5 Å². The molecule has 1 aromatic rings. The molecule has 19 heavy (non-hydrogen) atoms. The van der Waals surface area contributed by atoms with Crippen molar-refractivity contribution in [2.45, 2.75) is 53.0 Å². The molecule has 4 heteroatoms. The number of ether oxygens (including phenoxy) is 1.